The van der Waals surface area contributed by atoms with Gasteiger partial charge in [-0.1, -0.05) is 146 Å². The van der Waals surface area contributed by atoms with E-state index in [0.717, 1.165) is 38.9 Å². The molecule has 3 heterocycles. The molecule has 5 aromatic carbocycles. The molecule has 57 heavy (non-hydrogen) atoms. The molecule has 12 heteroatoms. The van der Waals surface area contributed by atoms with Crippen molar-refractivity contribution >= 4 is 33.2 Å². The van der Waals surface area contributed by atoms with E-state index in [1.54, 1.807) is 18.4 Å². The summed E-state index contributed by atoms with van der Waals surface area (Å²) < 4.78 is 8.81. The minimum Gasteiger partial charge on any atom is -0.462 e. The number of hydrogen-bond donors (Lipinski definition) is 0. The molecule has 0 aliphatic rings. The summed E-state index contributed by atoms with van der Waals surface area (Å²) in [4.78, 5) is 39.0. The SMILES string of the molecule is CCOC(=O)c1cn(Cc2ccc(-c3ccccc3-c3nnnn3C(c3ccccc3)(c3ccccc3)c3ccccc3)cc2)c2sc(CC)c([N+](=O)[O-])c2c1=O. The van der Waals surface area contributed by atoms with Crippen LogP contribution in [0.1, 0.15) is 51.3 Å². The van der Waals surface area contributed by atoms with Gasteiger partial charge in [0.25, 0.3) is 5.69 Å². The molecule has 0 amide bonds. The van der Waals surface area contributed by atoms with E-state index in [2.05, 4.69) is 46.7 Å². The number of carbonyl (C=O) groups excluding carboxylic acids is 1. The number of esters is 1. The van der Waals surface area contributed by atoms with Crippen LogP contribution in [0, 0.1) is 10.1 Å². The third-order valence-electron chi connectivity index (χ3n) is 10.1. The molecule has 0 bridgehead atoms. The van der Waals surface area contributed by atoms with Crippen molar-refractivity contribution in [3.63, 3.8) is 0 Å². The third-order valence-corrected chi connectivity index (χ3v) is 11.5. The number of ether oxygens (including phenoxy) is 1. The minimum atomic E-state index is -0.932. The Morgan fingerprint density at radius 1 is 0.789 bits per heavy atom. The average Bonchev–Trinajstić information content (AvgIpc) is 3.91. The van der Waals surface area contributed by atoms with Gasteiger partial charge in [-0.3, -0.25) is 14.9 Å². The molecule has 8 rings (SSSR count). The number of fused-ring (bicyclic) bond motifs is 1. The highest BCUT2D eigenvalue weighted by atomic mass is 32.1. The average molecular weight is 773 g/mol. The van der Waals surface area contributed by atoms with Gasteiger partial charge >= 0.3 is 5.97 Å². The molecule has 282 valence electrons. The number of aryl methyl sites for hydroxylation is 1. The number of rotatable bonds is 12. The highest BCUT2D eigenvalue weighted by Crippen LogP contribution is 2.43. The van der Waals surface area contributed by atoms with Crippen molar-refractivity contribution in [2.45, 2.75) is 32.4 Å². The summed E-state index contributed by atoms with van der Waals surface area (Å²) in [6, 6.07) is 46.6. The van der Waals surface area contributed by atoms with E-state index in [4.69, 9.17) is 9.95 Å². The van der Waals surface area contributed by atoms with Gasteiger partial charge in [0.1, 0.15) is 21.3 Å². The summed E-state index contributed by atoms with van der Waals surface area (Å²) in [7, 11) is 0. The number of nitro groups is 1. The van der Waals surface area contributed by atoms with Crippen molar-refractivity contribution in [1.82, 2.24) is 24.8 Å². The molecule has 11 nitrogen and oxygen atoms in total. The quantitative estimate of drug-likeness (QED) is 0.0520. The van der Waals surface area contributed by atoms with Crippen molar-refractivity contribution in [2.24, 2.45) is 0 Å². The molecule has 0 aliphatic heterocycles. The van der Waals surface area contributed by atoms with Gasteiger partial charge in [-0.25, -0.2) is 9.48 Å². The van der Waals surface area contributed by atoms with Gasteiger partial charge in [-0.2, -0.15) is 0 Å². The summed E-state index contributed by atoms with van der Waals surface area (Å²) in [5.41, 5.74) is 4.32. The monoisotopic (exact) mass is 772 g/mol. The van der Waals surface area contributed by atoms with Gasteiger partial charge in [-0.05, 0) is 57.2 Å². The van der Waals surface area contributed by atoms with Crippen LogP contribution in [-0.2, 0) is 23.2 Å². The van der Waals surface area contributed by atoms with E-state index < -0.39 is 21.9 Å². The summed E-state index contributed by atoms with van der Waals surface area (Å²) in [5, 5.41) is 25.8. The second-order valence-electron chi connectivity index (χ2n) is 13.4. The van der Waals surface area contributed by atoms with E-state index >= 15 is 0 Å². The number of pyridine rings is 1. The zero-order valence-corrected chi connectivity index (χ0v) is 31.9. The molecule has 0 N–H and O–H groups in total. The predicted octanol–water partition coefficient (Wildman–Crippen LogP) is 8.92. The zero-order chi connectivity index (χ0) is 39.5. The van der Waals surface area contributed by atoms with E-state index in [1.807, 2.05) is 108 Å². The Hall–Kier alpha value is -7.05. The predicted molar refractivity (Wildman–Crippen MR) is 220 cm³/mol. The lowest BCUT2D eigenvalue weighted by atomic mass is 9.77. The van der Waals surface area contributed by atoms with Crippen LogP contribution in [0.5, 0.6) is 0 Å². The molecule has 3 aromatic heterocycles. The first-order valence-corrected chi connectivity index (χ1v) is 19.3. The van der Waals surface area contributed by atoms with E-state index in [1.165, 1.54) is 17.5 Å². The first-order chi connectivity index (χ1) is 27.9. The van der Waals surface area contributed by atoms with Gasteiger partial charge < -0.3 is 9.30 Å². The lowest BCUT2D eigenvalue weighted by molar-refractivity contribution is -0.383. The van der Waals surface area contributed by atoms with Gasteiger partial charge in [-0.15, -0.1) is 16.4 Å². The molecule has 0 aliphatic carbocycles. The Kier molecular flexibility index (Phi) is 10.1. The van der Waals surface area contributed by atoms with Gasteiger partial charge in [0.05, 0.1) is 16.4 Å². The van der Waals surface area contributed by atoms with Crippen molar-refractivity contribution in [2.75, 3.05) is 6.61 Å². The Labute approximate surface area is 331 Å². The number of nitrogens with zero attached hydrogens (tertiary/aromatic N) is 6. The smallest absolute Gasteiger partial charge is 0.343 e. The number of tetrazole rings is 1. The summed E-state index contributed by atoms with van der Waals surface area (Å²) >= 11 is 1.19. The maximum absolute atomic E-state index is 13.5. The Bertz CT molecular complexity index is 2690. The number of hydrogen-bond acceptors (Lipinski definition) is 9. The highest BCUT2D eigenvalue weighted by Gasteiger charge is 2.42. The van der Waals surface area contributed by atoms with E-state index in [9.17, 15) is 19.7 Å². The molecule has 8 aromatic rings. The highest BCUT2D eigenvalue weighted by molar-refractivity contribution is 7.19. The van der Waals surface area contributed by atoms with Crippen molar-refractivity contribution < 1.29 is 14.5 Å². The Morgan fingerprint density at radius 2 is 1.35 bits per heavy atom. The standard InChI is InChI=1S/C45H36N6O5S/c1-3-38-40(51(54)55)39-41(52)37(44(53)56-4-2)29-49(43(39)57-38)28-30-24-26-31(27-25-30)35-22-14-15-23-36(35)42-46-47-48-50(42)45(32-16-8-5-9-17-32,33-18-10-6-11-19-33)34-20-12-7-13-21-34/h5-27,29H,3-4,28H2,1-2H3. The summed E-state index contributed by atoms with van der Waals surface area (Å²) in [5.74, 6) is -0.249. The topological polar surface area (TPSA) is 135 Å². The second-order valence-corrected chi connectivity index (χ2v) is 14.4. The molecule has 0 spiro atoms. The van der Waals surface area contributed by atoms with Crippen LogP contribution in [0.4, 0.5) is 5.69 Å². The van der Waals surface area contributed by atoms with Gasteiger partial charge in [0, 0.05) is 18.3 Å². The first kappa shape index (κ1) is 36.9. The summed E-state index contributed by atoms with van der Waals surface area (Å²) in [6.07, 6.45) is 1.81. The van der Waals surface area contributed by atoms with Crippen LogP contribution >= 0.6 is 11.3 Å². The summed E-state index contributed by atoms with van der Waals surface area (Å²) in [6.45, 7) is 3.75. The largest absolute Gasteiger partial charge is 0.462 e. The third kappa shape index (κ3) is 6.49. The lowest BCUT2D eigenvalue weighted by Crippen LogP contribution is -2.39. The zero-order valence-electron chi connectivity index (χ0n) is 31.1. The number of benzene rings is 5. The van der Waals surface area contributed by atoms with Gasteiger partial charge in [0.2, 0.25) is 5.43 Å². The molecule has 0 fully saturated rings. The molecular weight excluding hydrogens is 737 g/mol. The van der Waals surface area contributed by atoms with Crippen LogP contribution in [0.2, 0.25) is 0 Å². The van der Waals surface area contributed by atoms with E-state index in [0.29, 0.717) is 22.0 Å². The fourth-order valence-electron chi connectivity index (χ4n) is 7.58. The second kappa shape index (κ2) is 15.6. The molecule has 0 saturated carbocycles. The van der Waals surface area contributed by atoms with Crippen LogP contribution in [0.25, 0.3) is 32.7 Å². The van der Waals surface area contributed by atoms with Gasteiger partial charge in [0.15, 0.2) is 5.82 Å². The van der Waals surface area contributed by atoms with Crippen molar-refractivity contribution in [1.29, 1.82) is 0 Å². The number of aromatic nitrogens is 5. The van der Waals surface area contributed by atoms with Crippen LogP contribution < -0.4 is 5.43 Å². The maximum atomic E-state index is 13.5. The molecule has 0 unspecified atom stereocenters. The van der Waals surface area contributed by atoms with Crippen molar-refractivity contribution in [3.8, 4) is 22.5 Å². The fraction of sp³-hybridized carbons (Fsp3) is 0.133. The van der Waals surface area contributed by atoms with Crippen LogP contribution in [0.3, 0.4) is 0 Å². The molecule has 0 saturated heterocycles. The van der Waals surface area contributed by atoms with Crippen molar-refractivity contribution in [3.05, 3.63) is 199 Å². The normalized spacial score (nSPS) is 11.5. The minimum absolute atomic E-state index is 0.0588. The molecule has 0 radical (unpaired) electrons. The van der Waals surface area contributed by atoms with Crippen LogP contribution in [0.15, 0.2) is 151 Å². The molecular formula is C45H36N6O5S. The molecule has 0 atom stereocenters. The maximum Gasteiger partial charge on any atom is 0.343 e. The number of thiophene rings is 1. The first-order valence-electron chi connectivity index (χ1n) is 18.5. The lowest BCUT2D eigenvalue weighted by Gasteiger charge is -2.36. The number of carbonyl (C=O) groups is 1. The fourth-order valence-corrected chi connectivity index (χ4v) is 8.75. The van der Waals surface area contributed by atoms with E-state index in [-0.39, 0.29) is 29.8 Å². The van der Waals surface area contributed by atoms with Crippen LogP contribution in [-0.4, -0.2) is 42.3 Å². The Balaban J connectivity index is 1.24. The Morgan fingerprint density at radius 3 is 1.89 bits per heavy atom.